The van der Waals surface area contributed by atoms with Gasteiger partial charge in [0, 0.05) is 6.42 Å². The molecular weight excluding hydrogens is 384 g/mol. The predicted octanol–water partition coefficient (Wildman–Crippen LogP) is 2.98. The summed E-state index contributed by atoms with van der Waals surface area (Å²) in [6.45, 7) is 2.00. The Labute approximate surface area is 176 Å². The van der Waals surface area contributed by atoms with Crippen LogP contribution >= 0.6 is 0 Å². The summed E-state index contributed by atoms with van der Waals surface area (Å²) in [6.07, 6.45) is 0.672. The van der Waals surface area contributed by atoms with Crippen LogP contribution in [0, 0.1) is 0 Å². The van der Waals surface area contributed by atoms with E-state index in [4.69, 9.17) is 9.47 Å². The molecule has 0 aliphatic carbocycles. The van der Waals surface area contributed by atoms with Gasteiger partial charge in [-0.05, 0) is 17.5 Å². The maximum Gasteiger partial charge on any atom is 0.408 e. The molecule has 0 heterocycles. The number of carbonyl (C=O) groups is 3. The van der Waals surface area contributed by atoms with Crippen LogP contribution in [-0.2, 0) is 32.1 Å². The predicted molar refractivity (Wildman–Crippen MR) is 113 cm³/mol. The van der Waals surface area contributed by atoms with E-state index in [9.17, 15) is 14.4 Å². The van der Waals surface area contributed by atoms with Crippen molar-refractivity contribution in [3.8, 4) is 0 Å². The zero-order valence-corrected chi connectivity index (χ0v) is 17.3. The second-order valence-corrected chi connectivity index (χ2v) is 6.82. The Morgan fingerprint density at radius 1 is 0.867 bits per heavy atom. The number of ether oxygens (including phenoxy) is 2. The van der Waals surface area contributed by atoms with Crippen LogP contribution < -0.4 is 10.6 Å². The summed E-state index contributed by atoms with van der Waals surface area (Å²) in [4.78, 5) is 37.1. The van der Waals surface area contributed by atoms with Gasteiger partial charge in [-0.2, -0.15) is 0 Å². The van der Waals surface area contributed by atoms with Crippen molar-refractivity contribution in [2.45, 2.75) is 44.9 Å². The number of benzene rings is 2. The molecule has 0 bridgehead atoms. The monoisotopic (exact) mass is 412 g/mol. The number of methoxy groups -OCH3 is 1. The molecule has 2 aromatic carbocycles. The Morgan fingerprint density at radius 3 is 2.03 bits per heavy atom. The molecule has 0 aromatic heterocycles. The van der Waals surface area contributed by atoms with Crippen molar-refractivity contribution in [2.75, 3.05) is 7.11 Å². The minimum absolute atomic E-state index is 0.103. The number of hydrogen-bond donors (Lipinski definition) is 2. The van der Waals surface area contributed by atoms with E-state index < -0.39 is 30.1 Å². The molecule has 0 aliphatic heterocycles. The molecule has 0 spiro atoms. The molecule has 30 heavy (non-hydrogen) atoms. The SMILES string of the molecule is CCCC(NC(=O)OCc1ccccc1)C(=O)NC(Cc1ccccc1)C(=O)OC. The molecular formula is C23H28N2O5. The fraction of sp³-hybridized carbons (Fsp3) is 0.348. The van der Waals surface area contributed by atoms with E-state index in [1.54, 1.807) is 0 Å². The van der Waals surface area contributed by atoms with Crippen molar-refractivity contribution in [1.82, 2.24) is 10.6 Å². The highest BCUT2D eigenvalue weighted by molar-refractivity contribution is 5.89. The van der Waals surface area contributed by atoms with Gasteiger partial charge in [0.05, 0.1) is 7.11 Å². The Hall–Kier alpha value is -3.35. The first-order chi connectivity index (χ1) is 14.5. The third-order valence-corrected chi connectivity index (χ3v) is 4.48. The van der Waals surface area contributed by atoms with E-state index in [2.05, 4.69) is 10.6 Å². The highest BCUT2D eigenvalue weighted by atomic mass is 16.5. The van der Waals surface area contributed by atoms with Gasteiger partial charge in [0.25, 0.3) is 0 Å². The zero-order chi connectivity index (χ0) is 21.8. The maximum absolute atomic E-state index is 12.8. The van der Waals surface area contributed by atoms with E-state index in [0.717, 1.165) is 11.1 Å². The van der Waals surface area contributed by atoms with E-state index in [1.807, 2.05) is 67.6 Å². The molecule has 2 N–H and O–H groups in total. The molecule has 7 heteroatoms. The smallest absolute Gasteiger partial charge is 0.408 e. The zero-order valence-electron chi connectivity index (χ0n) is 17.3. The van der Waals surface area contributed by atoms with Gasteiger partial charge in [-0.15, -0.1) is 0 Å². The molecule has 2 amide bonds. The van der Waals surface area contributed by atoms with Gasteiger partial charge in [0.1, 0.15) is 18.7 Å². The van der Waals surface area contributed by atoms with Gasteiger partial charge in [0.2, 0.25) is 5.91 Å². The Balaban J connectivity index is 1.97. The molecule has 2 aromatic rings. The van der Waals surface area contributed by atoms with Crippen molar-refractivity contribution < 1.29 is 23.9 Å². The van der Waals surface area contributed by atoms with E-state index >= 15 is 0 Å². The lowest BCUT2D eigenvalue weighted by molar-refractivity contribution is -0.145. The third-order valence-electron chi connectivity index (χ3n) is 4.48. The third kappa shape index (κ3) is 7.58. The first kappa shape index (κ1) is 22.9. The number of nitrogens with one attached hydrogen (secondary N) is 2. The Morgan fingerprint density at radius 2 is 1.47 bits per heavy atom. The maximum atomic E-state index is 12.8. The fourth-order valence-electron chi connectivity index (χ4n) is 2.92. The summed E-state index contributed by atoms with van der Waals surface area (Å²) in [5, 5.41) is 5.29. The van der Waals surface area contributed by atoms with Crippen LogP contribution in [-0.4, -0.2) is 37.2 Å². The number of amides is 2. The van der Waals surface area contributed by atoms with Crippen molar-refractivity contribution in [3.63, 3.8) is 0 Å². The molecule has 160 valence electrons. The minimum Gasteiger partial charge on any atom is -0.467 e. The van der Waals surface area contributed by atoms with Gasteiger partial charge in [0.15, 0.2) is 0 Å². The summed E-state index contributed by atoms with van der Waals surface area (Å²) in [7, 11) is 1.27. The Bertz CT molecular complexity index is 811. The van der Waals surface area contributed by atoms with E-state index in [1.165, 1.54) is 7.11 Å². The second-order valence-electron chi connectivity index (χ2n) is 6.82. The van der Waals surface area contributed by atoms with Crippen molar-refractivity contribution in [3.05, 3.63) is 71.8 Å². The molecule has 0 saturated carbocycles. The van der Waals surface area contributed by atoms with E-state index in [0.29, 0.717) is 12.8 Å². The van der Waals surface area contributed by atoms with E-state index in [-0.39, 0.29) is 13.0 Å². The molecule has 0 radical (unpaired) electrons. The van der Waals surface area contributed by atoms with Gasteiger partial charge in [-0.25, -0.2) is 9.59 Å². The average Bonchev–Trinajstić information content (AvgIpc) is 2.77. The largest absolute Gasteiger partial charge is 0.467 e. The summed E-state index contributed by atoms with van der Waals surface area (Å²) in [5.74, 6) is -1.01. The van der Waals surface area contributed by atoms with Crippen molar-refractivity contribution >= 4 is 18.0 Å². The van der Waals surface area contributed by atoms with Crippen LogP contribution in [0.15, 0.2) is 60.7 Å². The van der Waals surface area contributed by atoms with Gasteiger partial charge >= 0.3 is 12.1 Å². The quantitative estimate of drug-likeness (QED) is 0.585. The topological polar surface area (TPSA) is 93.7 Å². The second kappa shape index (κ2) is 12.3. The van der Waals surface area contributed by atoms with Crippen LogP contribution in [0.4, 0.5) is 4.79 Å². The standard InChI is InChI=1S/C23H28N2O5/c1-3-10-19(25-23(28)30-16-18-13-8-5-9-14-18)21(26)24-20(22(27)29-2)15-17-11-6-4-7-12-17/h4-9,11-14,19-20H,3,10,15-16H2,1-2H3,(H,24,26)(H,25,28). The molecule has 2 rings (SSSR count). The van der Waals surface area contributed by atoms with Crippen LogP contribution in [0.5, 0.6) is 0 Å². The van der Waals surface area contributed by atoms with Crippen LogP contribution in [0.1, 0.15) is 30.9 Å². The van der Waals surface area contributed by atoms with Crippen molar-refractivity contribution in [1.29, 1.82) is 0 Å². The number of alkyl carbamates (subject to hydrolysis) is 1. The average molecular weight is 412 g/mol. The molecule has 0 saturated heterocycles. The molecule has 0 aliphatic rings. The first-order valence-electron chi connectivity index (χ1n) is 9.92. The van der Waals surface area contributed by atoms with Crippen molar-refractivity contribution in [2.24, 2.45) is 0 Å². The lowest BCUT2D eigenvalue weighted by atomic mass is 10.0. The number of carbonyl (C=O) groups excluding carboxylic acids is 3. The first-order valence-corrected chi connectivity index (χ1v) is 9.92. The van der Waals surface area contributed by atoms with Crippen LogP contribution in [0.3, 0.4) is 0 Å². The fourth-order valence-corrected chi connectivity index (χ4v) is 2.92. The van der Waals surface area contributed by atoms with Gasteiger partial charge in [-0.1, -0.05) is 74.0 Å². The molecule has 7 nitrogen and oxygen atoms in total. The summed E-state index contributed by atoms with van der Waals surface area (Å²) < 4.78 is 10.0. The van der Waals surface area contributed by atoms with Crippen LogP contribution in [0.2, 0.25) is 0 Å². The van der Waals surface area contributed by atoms with Crippen LogP contribution in [0.25, 0.3) is 0 Å². The lowest BCUT2D eigenvalue weighted by Crippen LogP contribution is -2.52. The number of rotatable bonds is 10. The number of hydrogen-bond acceptors (Lipinski definition) is 5. The molecule has 2 atom stereocenters. The normalized spacial score (nSPS) is 12.3. The van der Waals surface area contributed by atoms with Gasteiger partial charge in [-0.3, -0.25) is 4.79 Å². The summed E-state index contributed by atoms with van der Waals surface area (Å²) in [6, 6.07) is 16.9. The summed E-state index contributed by atoms with van der Waals surface area (Å²) in [5.41, 5.74) is 1.73. The number of esters is 1. The molecule has 2 unspecified atom stereocenters. The summed E-state index contributed by atoms with van der Waals surface area (Å²) >= 11 is 0. The highest BCUT2D eigenvalue weighted by Crippen LogP contribution is 2.07. The highest BCUT2D eigenvalue weighted by Gasteiger charge is 2.27. The molecule has 0 fully saturated rings. The Kier molecular flexibility index (Phi) is 9.37. The van der Waals surface area contributed by atoms with Gasteiger partial charge < -0.3 is 20.1 Å². The minimum atomic E-state index is -0.855. The lowest BCUT2D eigenvalue weighted by Gasteiger charge is -2.22.